The lowest BCUT2D eigenvalue weighted by molar-refractivity contribution is 0.454. The minimum Gasteiger partial charge on any atom is -0.329 e. The van der Waals surface area contributed by atoms with Crippen molar-refractivity contribution in [3.8, 4) is 0 Å². The molecule has 1 atom stereocenters. The Hall–Kier alpha value is 0.120. The normalized spacial score (nSPS) is 23.4. The van der Waals surface area contributed by atoms with Crippen LogP contribution in [0.15, 0.2) is 0 Å². The predicted molar refractivity (Wildman–Crippen MR) is 58.6 cm³/mol. The minimum absolute atomic E-state index is 0. The predicted octanol–water partition coefficient (Wildman–Crippen LogP) is -0.457. The highest BCUT2D eigenvalue weighted by Crippen LogP contribution is 2.17. The standard InChI is InChI=1S/C7H17N3O2S.ClH/c1-7-2-5-10(6-7)13(11,12)9-4-3-8;/h7,9H,2-6,8H2,1H3;1H. The molecule has 5 nitrogen and oxygen atoms in total. The highest BCUT2D eigenvalue weighted by atomic mass is 35.5. The van der Waals surface area contributed by atoms with Gasteiger partial charge < -0.3 is 5.73 Å². The van der Waals surface area contributed by atoms with Crippen molar-refractivity contribution in [3.63, 3.8) is 0 Å². The molecule has 1 unspecified atom stereocenters. The summed E-state index contributed by atoms with van der Waals surface area (Å²) in [6, 6.07) is 0. The van der Waals surface area contributed by atoms with Crippen molar-refractivity contribution >= 4 is 22.6 Å². The third kappa shape index (κ3) is 3.70. The van der Waals surface area contributed by atoms with Crippen LogP contribution in [0.25, 0.3) is 0 Å². The van der Waals surface area contributed by atoms with Crippen molar-refractivity contribution in [2.75, 3.05) is 26.2 Å². The molecule has 0 bridgehead atoms. The number of nitrogens with one attached hydrogen (secondary N) is 1. The smallest absolute Gasteiger partial charge is 0.279 e. The first-order chi connectivity index (χ1) is 6.06. The average Bonchev–Trinajstić information content (AvgIpc) is 2.49. The van der Waals surface area contributed by atoms with Gasteiger partial charge in [-0.05, 0) is 12.3 Å². The second-order valence-corrected chi connectivity index (χ2v) is 5.20. The fraction of sp³-hybridized carbons (Fsp3) is 1.00. The molecule has 14 heavy (non-hydrogen) atoms. The number of nitrogens with two attached hydrogens (primary N) is 1. The van der Waals surface area contributed by atoms with Gasteiger partial charge in [-0.25, -0.2) is 4.72 Å². The molecule has 1 saturated heterocycles. The van der Waals surface area contributed by atoms with E-state index in [1.54, 1.807) is 0 Å². The number of halogens is 1. The maximum Gasteiger partial charge on any atom is 0.279 e. The molecular formula is C7H18ClN3O2S. The molecule has 0 aromatic heterocycles. The van der Waals surface area contributed by atoms with E-state index in [4.69, 9.17) is 5.73 Å². The molecule has 0 amide bonds. The number of nitrogens with zero attached hydrogens (tertiary/aromatic N) is 1. The van der Waals surface area contributed by atoms with E-state index in [-0.39, 0.29) is 12.4 Å². The van der Waals surface area contributed by atoms with Gasteiger partial charge in [-0.1, -0.05) is 6.92 Å². The summed E-state index contributed by atoms with van der Waals surface area (Å²) >= 11 is 0. The first kappa shape index (κ1) is 14.1. The Morgan fingerprint density at radius 3 is 2.64 bits per heavy atom. The highest BCUT2D eigenvalue weighted by Gasteiger charge is 2.28. The zero-order chi connectivity index (χ0) is 9.90. The van der Waals surface area contributed by atoms with Crippen molar-refractivity contribution in [1.82, 2.24) is 9.03 Å². The van der Waals surface area contributed by atoms with Crippen molar-refractivity contribution in [1.29, 1.82) is 0 Å². The van der Waals surface area contributed by atoms with Crippen molar-refractivity contribution in [3.05, 3.63) is 0 Å². The van der Waals surface area contributed by atoms with Gasteiger partial charge in [-0.3, -0.25) is 0 Å². The van der Waals surface area contributed by atoms with Gasteiger partial charge in [0, 0.05) is 26.2 Å². The molecule has 0 aliphatic carbocycles. The van der Waals surface area contributed by atoms with E-state index in [1.165, 1.54) is 4.31 Å². The van der Waals surface area contributed by atoms with Crippen LogP contribution in [0.2, 0.25) is 0 Å². The second-order valence-electron chi connectivity index (χ2n) is 3.44. The molecule has 1 aliphatic heterocycles. The van der Waals surface area contributed by atoms with E-state index in [0.29, 0.717) is 32.1 Å². The maximum atomic E-state index is 11.5. The number of hydrogen-bond donors (Lipinski definition) is 2. The van der Waals surface area contributed by atoms with Crippen LogP contribution < -0.4 is 10.5 Å². The monoisotopic (exact) mass is 243 g/mol. The van der Waals surface area contributed by atoms with Gasteiger partial charge in [0.15, 0.2) is 0 Å². The van der Waals surface area contributed by atoms with Crippen LogP contribution >= 0.6 is 12.4 Å². The lowest BCUT2D eigenvalue weighted by Gasteiger charge is -2.15. The fourth-order valence-corrected chi connectivity index (χ4v) is 2.75. The fourth-order valence-electron chi connectivity index (χ4n) is 1.39. The Morgan fingerprint density at radius 1 is 1.57 bits per heavy atom. The average molecular weight is 244 g/mol. The van der Waals surface area contributed by atoms with Gasteiger partial charge >= 0.3 is 0 Å². The lowest BCUT2D eigenvalue weighted by Crippen LogP contribution is -2.41. The molecule has 1 rings (SSSR count). The van der Waals surface area contributed by atoms with Gasteiger partial charge in [0.2, 0.25) is 0 Å². The first-order valence-corrected chi connectivity index (χ1v) is 5.95. The van der Waals surface area contributed by atoms with Crippen LogP contribution in [-0.4, -0.2) is 38.9 Å². The van der Waals surface area contributed by atoms with Crippen molar-refractivity contribution < 1.29 is 8.42 Å². The molecular weight excluding hydrogens is 226 g/mol. The van der Waals surface area contributed by atoms with E-state index in [1.807, 2.05) is 0 Å². The molecule has 7 heteroatoms. The largest absolute Gasteiger partial charge is 0.329 e. The summed E-state index contributed by atoms with van der Waals surface area (Å²) in [5.74, 6) is 0.467. The molecule has 1 fully saturated rings. The number of rotatable bonds is 4. The van der Waals surface area contributed by atoms with Gasteiger partial charge in [0.25, 0.3) is 10.2 Å². The Bertz CT molecular complexity index is 258. The summed E-state index contributed by atoms with van der Waals surface area (Å²) in [5, 5.41) is 0. The summed E-state index contributed by atoms with van der Waals surface area (Å²) in [6.45, 7) is 3.95. The van der Waals surface area contributed by atoms with Crippen LogP contribution in [0.3, 0.4) is 0 Å². The molecule has 0 saturated carbocycles. The molecule has 0 aromatic carbocycles. The topological polar surface area (TPSA) is 75.4 Å². The van der Waals surface area contributed by atoms with Crippen LogP contribution in [0, 0.1) is 5.92 Å². The Morgan fingerprint density at radius 2 is 2.21 bits per heavy atom. The molecule has 1 heterocycles. The Balaban J connectivity index is 0.00000169. The van der Waals surface area contributed by atoms with Crippen molar-refractivity contribution in [2.45, 2.75) is 13.3 Å². The quantitative estimate of drug-likeness (QED) is 0.702. The minimum atomic E-state index is -3.25. The van der Waals surface area contributed by atoms with E-state index < -0.39 is 10.2 Å². The number of hydrogen-bond acceptors (Lipinski definition) is 3. The second kappa shape index (κ2) is 5.87. The SMILES string of the molecule is CC1CCN(S(=O)(=O)NCCN)C1.Cl. The Labute approximate surface area is 91.6 Å². The summed E-state index contributed by atoms with van der Waals surface area (Å²) in [4.78, 5) is 0. The third-order valence-corrected chi connectivity index (χ3v) is 3.74. The summed E-state index contributed by atoms with van der Waals surface area (Å²) in [6.07, 6.45) is 0.948. The summed E-state index contributed by atoms with van der Waals surface area (Å²) < 4.78 is 26.9. The lowest BCUT2D eigenvalue weighted by atomic mass is 10.2. The summed E-state index contributed by atoms with van der Waals surface area (Å²) in [7, 11) is -3.25. The van der Waals surface area contributed by atoms with E-state index in [9.17, 15) is 8.42 Å². The maximum absolute atomic E-state index is 11.5. The van der Waals surface area contributed by atoms with E-state index >= 15 is 0 Å². The molecule has 0 radical (unpaired) electrons. The highest BCUT2D eigenvalue weighted by molar-refractivity contribution is 7.87. The molecule has 0 aromatic rings. The van der Waals surface area contributed by atoms with Gasteiger partial charge in [-0.2, -0.15) is 12.7 Å². The molecule has 86 valence electrons. The van der Waals surface area contributed by atoms with E-state index in [0.717, 1.165) is 6.42 Å². The Kier molecular flexibility index (Phi) is 5.92. The van der Waals surface area contributed by atoms with Crippen LogP contribution in [0.4, 0.5) is 0 Å². The van der Waals surface area contributed by atoms with Gasteiger partial charge in [-0.15, -0.1) is 12.4 Å². The van der Waals surface area contributed by atoms with Crippen LogP contribution in [0.5, 0.6) is 0 Å². The van der Waals surface area contributed by atoms with Gasteiger partial charge in [0.05, 0.1) is 0 Å². The molecule has 0 spiro atoms. The first-order valence-electron chi connectivity index (χ1n) is 4.51. The van der Waals surface area contributed by atoms with Crippen LogP contribution in [0.1, 0.15) is 13.3 Å². The zero-order valence-corrected chi connectivity index (χ0v) is 9.90. The molecule has 1 aliphatic rings. The third-order valence-electron chi connectivity index (χ3n) is 2.16. The van der Waals surface area contributed by atoms with E-state index in [2.05, 4.69) is 11.6 Å². The molecule has 3 N–H and O–H groups in total. The zero-order valence-electron chi connectivity index (χ0n) is 8.27. The van der Waals surface area contributed by atoms with Gasteiger partial charge in [0.1, 0.15) is 0 Å². The summed E-state index contributed by atoms with van der Waals surface area (Å²) in [5.41, 5.74) is 5.22. The van der Waals surface area contributed by atoms with Crippen LogP contribution in [-0.2, 0) is 10.2 Å². The van der Waals surface area contributed by atoms with Crippen molar-refractivity contribution in [2.24, 2.45) is 11.7 Å².